The van der Waals surface area contributed by atoms with E-state index in [1.165, 1.54) is 17.2 Å². The minimum Gasteiger partial charge on any atom is -0.506 e. The van der Waals surface area contributed by atoms with Crippen molar-refractivity contribution >= 4 is 32.4 Å². The maximum Gasteiger partial charge on any atom is 0.255 e. The molecule has 3 aromatic rings. The van der Waals surface area contributed by atoms with Crippen LogP contribution in [0.4, 0.5) is 5.69 Å². The number of anilines is 1. The molecular formula is C34H49N3O5S. The fourth-order valence-electron chi connectivity index (χ4n) is 4.82. The Balaban J connectivity index is 1.65. The van der Waals surface area contributed by atoms with Gasteiger partial charge in [0, 0.05) is 22.9 Å². The Morgan fingerprint density at radius 1 is 0.930 bits per heavy atom. The fraction of sp³-hybridized carbons (Fsp3) is 0.500. The molecule has 8 nitrogen and oxygen atoms in total. The molecule has 0 saturated heterocycles. The summed E-state index contributed by atoms with van der Waals surface area (Å²) in [5, 5.41) is 14.6. The van der Waals surface area contributed by atoms with E-state index in [1.54, 1.807) is 24.3 Å². The predicted octanol–water partition coefficient (Wildman–Crippen LogP) is 6.60. The second-order valence-electron chi connectivity index (χ2n) is 12.4. The number of nitrogens with two attached hydrogens (primary N) is 1. The lowest BCUT2D eigenvalue weighted by Crippen LogP contribution is -2.25. The summed E-state index contributed by atoms with van der Waals surface area (Å²) < 4.78 is 33.9. The fourth-order valence-corrected chi connectivity index (χ4v) is 5.97. The lowest BCUT2D eigenvalue weighted by molar-refractivity contribution is 0.0950. The highest BCUT2D eigenvalue weighted by Gasteiger charge is 2.26. The Hall–Kier alpha value is -3.30. The second kappa shape index (κ2) is 14.4. The minimum atomic E-state index is -3.68. The highest BCUT2D eigenvalue weighted by atomic mass is 32.2. The number of unbranched alkanes of at least 4 members (excludes halogenated alkanes) is 1. The average Bonchev–Trinajstić information content (AvgIpc) is 2.99. The molecule has 0 radical (unpaired) electrons. The molecule has 9 heteroatoms. The van der Waals surface area contributed by atoms with Crippen LogP contribution in [-0.2, 0) is 20.9 Å². The van der Waals surface area contributed by atoms with E-state index in [1.807, 2.05) is 0 Å². The third-order valence-corrected chi connectivity index (χ3v) is 9.87. The Morgan fingerprint density at radius 2 is 1.60 bits per heavy atom. The summed E-state index contributed by atoms with van der Waals surface area (Å²) >= 11 is 0. The van der Waals surface area contributed by atoms with Gasteiger partial charge in [-0.05, 0) is 67.2 Å². The summed E-state index contributed by atoms with van der Waals surface area (Å²) in [6.07, 6.45) is 3.75. The van der Waals surface area contributed by atoms with Crippen LogP contribution in [0, 0.1) is 0 Å². The SMILES string of the molecule is CCC(C)(C)c1ccc(OCCCCNC(=O)c2cc(NS(=O)(=O)CCCN)c3ccccc3c2O)c(C(C)(C)CC)c1. The monoisotopic (exact) mass is 611 g/mol. The van der Waals surface area contributed by atoms with E-state index in [4.69, 9.17) is 10.5 Å². The van der Waals surface area contributed by atoms with E-state index in [0.29, 0.717) is 36.8 Å². The quantitative estimate of drug-likeness (QED) is 0.107. The van der Waals surface area contributed by atoms with Crippen molar-refractivity contribution in [3.05, 3.63) is 65.2 Å². The first-order chi connectivity index (χ1) is 20.3. The van der Waals surface area contributed by atoms with E-state index in [2.05, 4.69) is 69.8 Å². The predicted molar refractivity (Wildman–Crippen MR) is 177 cm³/mol. The van der Waals surface area contributed by atoms with Gasteiger partial charge in [-0.1, -0.05) is 77.9 Å². The van der Waals surface area contributed by atoms with Crippen molar-refractivity contribution in [1.29, 1.82) is 0 Å². The number of rotatable bonds is 16. The van der Waals surface area contributed by atoms with Crippen molar-refractivity contribution in [3.63, 3.8) is 0 Å². The van der Waals surface area contributed by atoms with Gasteiger partial charge in [-0.3, -0.25) is 9.52 Å². The van der Waals surface area contributed by atoms with Gasteiger partial charge in [-0.2, -0.15) is 0 Å². The number of nitrogens with one attached hydrogen (secondary N) is 2. The van der Waals surface area contributed by atoms with E-state index in [0.717, 1.165) is 25.0 Å². The summed E-state index contributed by atoms with van der Waals surface area (Å²) in [6, 6.07) is 14.8. The van der Waals surface area contributed by atoms with Crippen LogP contribution in [0.3, 0.4) is 0 Å². The Labute approximate surface area is 257 Å². The maximum absolute atomic E-state index is 13.1. The summed E-state index contributed by atoms with van der Waals surface area (Å²) in [5.74, 6) is 0.0875. The molecule has 0 unspecified atom stereocenters. The van der Waals surface area contributed by atoms with E-state index >= 15 is 0 Å². The Kier molecular flexibility index (Phi) is 11.5. The lowest BCUT2D eigenvalue weighted by Gasteiger charge is -2.30. The van der Waals surface area contributed by atoms with E-state index < -0.39 is 15.9 Å². The topological polar surface area (TPSA) is 131 Å². The van der Waals surface area contributed by atoms with Gasteiger partial charge in [0.1, 0.15) is 11.5 Å². The molecule has 0 bridgehead atoms. The molecule has 3 aromatic carbocycles. The lowest BCUT2D eigenvalue weighted by atomic mass is 9.76. The van der Waals surface area contributed by atoms with E-state index in [-0.39, 0.29) is 40.1 Å². The molecule has 0 aromatic heterocycles. The first-order valence-electron chi connectivity index (χ1n) is 15.3. The van der Waals surface area contributed by atoms with Crippen LogP contribution in [-0.4, -0.2) is 44.9 Å². The highest BCUT2D eigenvalue weighted by molar-refractivity contribution is 7.92. The summed E-state index contributed by atoms with van der Waals surface area (Å²) in [7, 11) is -3.68. The smallest absolute Gasteiger partial charge is 0.255 e. The molecule has 0 saturated carbocycles. The van der Waals surface area contributed by atoms with Gasteiger partial charge < -0.3 is 20.9 Å². The number of carbonyl (C=O) groups is 1. The van der Waals surface area contributed by atoms with Gasteiger partial charge in [-0.15, -0.1) is 0 Å². The number of hydrogen-bond donors (Lipinski definition) is 4. The van der Waals surface area contributed by atoms with Crippen molar-refractivity contribution in [2.75, 3.05) is 30.2 Å². The molecule has 43 heavy (non-hydrogen) atoms. The van der Waals surface area contributed by atoms with E-state index in [9.17, 15) is 18.3 Å². The Morgan fingerprint density at radius 3 is 2.26 bits per heavy atom. The first kappa shape index (κ1) is 34.2. The highest BCUT2D eigenvalue weighted by Crippen LogP contribution is 2.39. The number of fused-ring (bicyclic) bond motifs is 1. The van der Waals surface area contributed by atoms with Crippen molar-refractivity contribution in [2.24, 2.45) is 5.73 Å². The van der Waals surface area contributed by atoms with Crippen LogP contribution >= 0.6 is 0 Å². The largest absolute Gasteiger partial charge is 0.506 e. The number of hydrogen-bond acceptors (Lipinski definition) is 6. The summed E-state index contributed by atoms with van der Waals surface area (Å²) in [4.78, 5) is 13.1. The number of ether oxygens (including phenoxy) is 1. The standard InChI is InChI=1S/C34H49N3O5S/c1-7-33(3,4)24-16-17-30(28(22-24)34(5,6)8-2)42-20-12-11-19-36-32(39)27-23-29(37-43(40,41)21-13-18-35)25-14-9-10-15-26(25)31(27)38/h9-10,14-17,22-23,37-38H,7-8,11-13,18-21,35H2,1-6H3,(H,36,39). The van der Waals surface area contributed by atoms with Gasteiger partial charge in [0.2, 0.25) is 10.0 Å². The number of benzene rings is 3. The van der Waals surface area contributed by atoms with Gasteiger partial charge in [0.25, 0.3) is 5.91 Å². The molecule has 5 N–H and O–H groups in total. The molecule has 236 valence electrons. The van der Waals surface area contributed by atoms with Crippen molar-refractivity contribution in [2.45, 2.75) is 84.5 Å². The summed E-state index contributed by atoms with van der Waals surface area (Å²) in [6.45, 7) is 14.5. The number of phenols is 1. The molecule has 0 aliphatic heterocycles. The number of phenolic OH excluding ortho intramolecular Hbond substituents is 1. The zero-order valence-corrected chi connectivity index (χ0v) is 27.4. The third-order valence-electron chi connectivity index (χ3n) is 8.52. The van der Waals surface area contributed by atoms with Crippen molar-refractivity contribution in [1.82, 2.24) is 5.32 Å². The first-order valence-corrected chi connectivity index (χ1v) is 16.9. The second-order valence-corrected chi connectivity index (χ2v) is 14.3. The Bertz CT molecular complexity index is 1520. The van der Waals surface area contributed by atoms with Crippen LogP contribution in [0.1, 0.15) is 95.1 Å². The third kappa shape index (κ3) is 8.63. The molecule has 0 fully saturated rings. The molecular weight excluding hydrogens is 562 g/mol. The van der Waals surface area contributed by atoms with Crippen molar-refractivity contribution < 1.29 is 23.1 Å². The zero-order chi connectivity index (χ0) is 31.8. The van der Waals surface area contributed by atoms with Crippen molar-refractivity contribution in [3.8, 4) is 11.5 Å². The van der Waals surface area contributed by atoms with Crippen LogP contribution in [0.2, 0.25) is 0 Å². The molecule has 0 aliphatic carbocycles. The maximum atomic E-state index is 13.1. The van der Waals surface area contributed by atoms with Gasteiger partial charge >= 0.3 is 0 Å². The molecule has 0 heterocycles. The number of sulfonamides is 1. The van der Waals surface area contributed by atoms with Crippen LogP contribution in [0.5, 0.6) is 11.5 Å². The normalized spacial score (nSPS) is 12.3. The molecule has 1 amide bonds. The van der Waals surface area contributed by atoms with Crippen LogP contribution < -0.4 is 20.5 Å². The minimum absolute atomic E-state index is 0.00741. The number of aromatic hydroxyl groups is 1. The van der Waals surface area contributed by atoms with Crippen LogP contribution in [0.15, 0.2) is 48.5 Å². The number of amides is 1. The summed E-state index contributed by atoms with van der Waals surface area (Å²) in [5.41, 5.74) is 8.31. The van der Waals surface area contributed by atoms with Gasteiger partial charge in [0.15, 0.2) is 0 Å². The molecule has 0 atom stereocenters. The van der Waals surface area contributed by atoms with Gasteiger partial charge in [0.05, 0.1) is 23.6 Å². The van der Waals surface area contributed by atoms with Crippen LogP contribution in [0.25, 0.3) is 10.8 Å². The van der Waals surface area contributed by atoms with Gasteiger partial charge in [-0.25, -0.2) is 8.42 Å². The zero-order valence-electron chi connectivity index (χ0n) is 26.5. The molecule has 3 rings (SSSR count). The average molecular weight is 612 g/mol. The molecule has 0 spiro atoms. The molecule has 0 aliphatic rings. The number of carbonyl (C=O) groups excluding carboxylic acids is 1.